The second-order valence-electron chi connectivity index (χ2n) is 5.44. The van der Waals surface area contributed by atoms with Gasteiger partial charge in [0.15, 0.2) is 0 Å². The van der Waals surface area contributed by atoms with Crippen LogP contribution in [0.3, 0.4) is 0 Å². The van der Waals surface area contributed by atoms with E-state index in [1.54, 1.807) is 0 Å². The molecule has 0 bridgehead atoms. The topological polar surface area (TPSA) is 62.4 Å². The van der Waals surface area contributed by atoms with Crippen molar-refractivity contribution in [2.24, 2.45) is 5.92 Å². The van der Waals surface area contributed by atoms with Gasteiger partial charge in [-0.3, -0.25) is 4.90 Å². The van der Waals surface area contributed by atoms with Gasteiger partial charge in [-0.05, 0) is 37.9 Å². The van der Waals surface area contributed by atoms with Gasteiger partial charge in [-0.25, -0.2) is 0 Å². The Morgan fingerprint density at radius 1 is 1.40 bits per heavy atom. The summed E-state index contributed by atoms with van der Waals surface area (Å²) in [6.45, 7) is 4.84. The van der Waals surface area contributed by atoms with Crippen molar-refractivity contribution >= 4 is 0 Å². The lowest BCUT2D eigenvalue weighted by molar-refractivity contribution is 0.215. The van der Waals surface area contributed by atoms with Gasteiger partial charge in [-0.15, -0.1) is 10.2 Å². The largest absolute Gasteiger partial charge is 0.419 e. The molecule has 0 amide bonds. The van der Waals surface area contributed by atoms with Crippen molar-refractivity contribution in [3.63, 3.8) is 0 Å². The average molecular weight is 273 g/mol. The van der Waals surface area contributed by atoms with Gasteiger partial charge in [0.05, 0.1) is 6.54 Å². The maximum absolute atomic E-state index is 9.15. The van der Waals surface area contributed by atoms with Crippen molar-refractivity contribution < 1.29 is 9.52 Å². The van der Waals surface area contributed by atoms with Gasteiger partial charge in [0, 0.05) is 18.7 Å². The van der Waals surface area contributed by atoms with Crippen LogP contribution in [0.1, 0.15) is 17.9 Å². The van der Waals surface area contributed by atoms with Gasteiger partial charge in [-0.2, -0.15) is 0 Å². The summed E-state index contributed by atoms with van der Waals surface area (Å²) in [6, 6.07) is 8.04. The highest BCUT2D eigenvalue weighted by molar-refractivity contribution is 5.53. The van der Waals surface area contributed by atoms with Gasteiger partial charge in [0.25, 0.3) is 0 Å². The van der Waals surface area contributed by atoms with E-state index in [0.29, 0.717) is 24.2 Å². The Bertz CT molecular complexity index is 582. The number of hydrogen-bond donors (Lipinski definition) is 1. The predicted molar refractivity (Wildman–Crippen MR) is 74.9 cm³/mol. The quantitative estimate of drug-likeness (QED) is 0.921. The summed E-state index contributed by atoms with van der Waals surface area (Å²) in [6.07, 6.45) is 1.04. The van der Waals surface area contributed by atoms with Gasteiger partial charge >= 0.3 is 0 Å². The molecule has 2 aromatic rings. The molecule has 1 fully saturated rings. The Kier molecular flexibility index (Phi) is 3.80. The number of aryl methyl sites for hydroxylation is 1. The van der Waals surface area contributed by atoms with Crippen LogP contribution in [0.15, 0.2) is 28.7 Å². The Labute approximate surface area is 118 Å². The predicted octanol–water partition coefficient (Wildman–Crippen LogP) is 1.86. The first-order valence-corrected chi connectivity index (χ1v) is 6.97. The van der Waals surface area contributed by atoms with Crippen molar-refractivity contribution in [1.29, 1.82) is 0 Å². The van der Waals surface area contributed by atoms with Crippen LogP contribution in [0, 0.1) is 12.8 Å². The number of aliphatic hydroxyl groups excluding tert-OH is 1. The Morgan fingerprint density at radius 2 is 2.30 bits per heavy atom. The van der Waals surface area contributed by atoms with Crippen molar-refractivity contribution in [2.75, 3.05) is 19.7 Å². The molecule has 5 heteroatoms. The van der Waals surface area contributed by atoms with Crippen LogP contribution in [-0.2, 0) is 6.54 Å². The summed E-state index contributed by atoms with van der Waals surface area (Å²) in [5.74, 6) is 1.59. The van der Waals surface area contributed by atoms with Crippen LogP contribution in [0.2, 0.25) is 0 Å². The highest BCUT2D eigenvalue weighted by Gasteiger charge is 2.23. The van der Waals surface area contributed by atoms with Crippen LogP contribution in [-0.4, -0.2) is 39.9 Å². The molecule has 0 aliphatic carbocycles. The SMILES string of the molecule is Cc1cccc(-c2nnc(CN3CCC(CO)C3)o2)c1. The molecule has 1 aromatic heterocycles. The minimum Gasteiger partial charge on any atom is -0.419 e. The number of rotatable bonds is 4. The number of aromatic nitrogens is 2. The molecule has 0 spiro atoms. The first-order valence-electron chi connectivity index (χ1n) is 6.97. The smallest absolute Gasteiger partial charge is 0.247 e. The van der Waals surface area contributed by atoms with E-state index in [1.165, 1.54) is 5.56 Å². The second-order valence-corrected chi connectivity index (χ2v) is 5.44. The number of likely N-dealkylation sites (tertiary alicyclic amines) is 1. The zero-order chi connectivity index (χ0) is 13.9. The fourth-order valence-corrected chi connectivity index (χ4v) is 2.61. The van der Waals surface area contributed by atoms with E-state index in [4.69, 9.17) is 9.52 Å². The molecule has 20 heavy (non-hydrogen) atoms. The molecule has 1 aliphatic heterocycles. The molecule has 2 heterocycles. The van der Waals surface area contributed by atoms with Gasteiger partial charge in [-0.1, -0.05) is 17.7 Å². The van der Waals surface area contributed by atoms with E-state index in [0.717, 1.165) is 25.1 Å². The first kappa shape index (κ1) is 13.3. The number of benzene rings is 1. The Hall–Kier alpha value is -1.72. The fourth-order valence-electron chi connectivity index (χ4n) is 2.61. The van der Waals surface area contributed by atoms with E-state index >= 15 is 0 Å². The standard InChI is InChI=1S/C15H19N3O2/c1-11-3-2-4-13(7-11)15-17-16-14(20-15)9-18-6-5-12(8-18)10-19/h2-4,7,12,19H,5-6,8-10H2,1H3. The molecule has 1 aromatic carbocycles. The van der Waals surface area contributed by atoms with Crippen molar-refractivity contribution in [1.82, 2.24) is 15.1 Å². The third-order valence-electron chi connectivity index (χ3n) is 3.72. The molecule has 1 saturated heterocycles. The third-order valence-corrected chi connectivity index (χ3v) is 3.72. The molecular formula is C15H19N3O2. The zero-order valence-electron chi connectivity index (χ0n) is 11.6. The lowest BCUT2D eigenvalue weighted by Crippen LogP contribution is -2.21. The summed E-state index contributed by atoms with van der Waals surface area (Å²) in [7, 11) is 0. The second kappa shape index (κ2) is 5.73. The highest BCUT2D eigenvalue weighted by atomic mass is 16.4. The maximum atomic E-state index is 9.15. The van der Waals surface area contributed by atoms with Crippen LogP contribution in [0.5, 0.6) is 0 Å². The lowest BCUT2D eigenvalue weighted by Gasteiger charge is -2.12. The van der Waals surface area contributed by atoms with Gasteiger partial charge in [0.1, 0.15) is 0 Å². The molecule has 5 nitrogen and oxygen atoms in total. The highest BCUT2D eigenvalue weighted by Crippen LogP contribution is 2.21. The third kappa shape index (κ3) is 2.89. The molecule has 0 radical (unpaired) electrons. The molecule has 1 N–H and O–H groups in total. The minimum absolute atomic E-state index is 0.259. The minimum atomic E-state index is 0.259. The van der Waals surface area contributed by atoms with Crippen LogP contribution >= 0.6 is 0 Å². The Morgan fingerprint density at radius 3 is 3.05 bits per heavy atom. The van der Waals surface area contributed by atoms with Gasteiger partial charge < -0.3 is 9.52 Å². The van der Waals surface area contributed by atoms with Crippen LogP contribution in [0.25, 0.3) is 11.5 Å². The fraction of sp³-hybridized carbons (Fsp3) is 0.467. The van der Waals surface area contributed by atoms with Crippen molar-refractivity contribution in [3.05, 3.63) is 35.7 Å². The summed E-state index contributed by atoms with van der Waals surface area (Å²) in [5, 5.41) is 17.4. The normalized spacial score (nSPS) is 19.6. The summed E-state index contributed by atoms with van der Waals surface area (Å²) in [4.78, 5) is 2.24. The molecule has 1 atom stereocenters. The van der Waals surface area contributed by atoms with E-state index in [2.05, 4.69) is 15.1 Å². The van der Waals surface area contributed by atoms with E-state index in [-0.39, 0.29) is 6.61 Å². The molecule has 1 unspecified atom stereocenters. The Balaban J connectivity index is 1.68. The molecule has 0 saturated carbocycles. The molecule has 3 rings (SSSR count). The average Bonchev–Trinajstić information content (AvgIpc) is 3.08. The van der Waals surface area contributed by atoms with E-state index in [1.807, 2.05) is 31.2 Å². The van der Waals surface area contributed by atoms with Gasteiger partial charge in [0.2, 0.25) is 11.8 Å². The molecule has 1 aliphatic rings. The van der Waals surface area contributed by atoms with E-state index < -0.39 is 0 Å². The molecular weight excluding hydrogens is 254 g/mol. The monoisotopic (exact) mass is 273 g/mol. The van der Waals surface area contributed by atoms with Crippen molar-refractivity contribution in [3.8, 4) is 11.5 Å². The summed E-state index contributed by atoms with van der Waals surface area (Å²) in [5.41, 5.74) is 2.13. The van der Waals surface area contributed by atoms with Crippen LogP contribution < -0.4 is 0 Å². The first-order chi connectivity index (χ1) is 9.74. The number of nitrogens with zero attached hydrogens (tertiary/aromatic N) is 3. The number of hydrogen-bond acceptors (Lipinski definition) is 5. The van der Waals surface area contributed by atoms with Crippen LogP contribution in [0.4, 0.5) is 0 Å². The molecule has 106 valence electrons. The summed E-state index contributed by atoms with van der Waals surface area (Å²) < 4.78 is 5.73. The maximum Gasteiger partial charge on any atom is 0.247 e. The van der Waals surface area contributed by atoms with E-state index in [9.17, 15) is 0 Å². The summed E-state index contributed by atoms with van der Waals surface area (Å²) >= 11 is 0. The number of aliphatic hydroxyl groups is 1. The lowest BCUT2D eigenvalue weighted by atomic mass is 10.1. The zero-order valence-corrected chi connectivity index (χ0v) is 11.6. The van der Waals surface area contributed by atoms with Crippen molar-refractivity contribution in [2.45, 2.75) is 19.9 Å².